The Hall–Kier alpha value is -1.92. The van der Waals surface area contributed by atoms with Crippen LogP contribution >= 0.6 is 23.5 Å². The molecule has 16 heteroatoms. The van der Waals surface area contributed by atoms with Crippen molar-refractivity contribution in [2.75, 3.05) is 82.4 Å². The first-order valence-electron chi connectivity index (χ1n) is 11.4. The van der Waals surface area contributed by atoms with Crippen LogP contribution in [0.5, 0.6) is 11.8 Å². The van der Waals surface area contributed by atoms with E-state index < -0.39 is 24.4 Å². The zero-order chi connectivity index (χ0) is 24.0. The van der Waals surface area contributed by atoms with Gasteiger partial charge in [-0.1, -0.05) is 0 Å². The van der Waals surface area contributed by atoms with E-state index >= 15 is 0 Å². The molecule has 0 aliphatic carbocycles. The highest BCUT2D eigenvalue weighted by Gasteiger charge is 2.38. The zero-order valence-corrected chi connectivity index (χ0v) is 20.6. The standard InChI is InChI=1S/C19H28N6O8S2/c26-14-12(9-30-18-16(20-34-22-18)24-1-5-28-6-2-24)32-11-33-13(15(14)27)10-31-19-17(21-35-23-19)25-3-7-29-8-4-25/h12-15,26-27H,1-11H2/t12?,13?,14-,15+. The maximum absolute atomic E-state index is 10.8. The van der Waals surface area contributed by atoms with E-state index in [9.17, 15) is 10.2 Å². The summed E-state index contributed by atoms with van der Waals surface area (Å²) in [6, 6.07) is 0. The number of ether oxygens (including phenoxy) is 6. The highest BCUT2D eigenvalue weighted by Crippen LogP contribution is 2.29. The molecular weight excluding hydrogens is 504 g/mol. The van der Waals surface area contributed by atoms with Crippen molar-refractivity contribution in [3.05, 3.63) is 0 Å². The van der Waals surface area contributed by atoms with Crippen LogP contribution in [0.1, 0.15) is 0 Å². The molecule has 0 amide bonds. The number of hydrogen-bond acceptors (Lipinski definition) is 16. The summed E-state index contributed by atoms with van der Waals surface area (Å²) < 4.78 is 50.7. The Morgan fingerprint density at radius 3 is 1.57 bits per heavy atom. The molecular formula is C19H28N6O8S2. The lowest BCUT2D eigenvalue weighted by Gasteiger charge is -2.28. The normalized spacial score (nSPS) is 28.1. The van der Waals surface area contributed by atoms with Crippen LogP contribution in [-0.2, 0) is 18.9 Å². The second kappa shape index (κ2) is 11.9. The van der Waals surface area contributed by atoms with Crippen LogP contribution in [0.25, 0.3) is 0 Å². The number of aromatic nitrogens is 4. The van der Waals surface area contributed by atoms with Crippen LogP contribution in [-0.4, -0.2) is 125 Å². The molecule has 2 unspecified atom stereocenters. The lowest BCUT2D eigenvalue weighted by atomic mass is 10.0. The van der Waals surface area contributed by atoms with E-state index in [1.807, 2.05) is 9.80 Å². The van der Waals surface area contributed by atoms with Crippen molar-refractivity contribution in [3.8, 4) is 11.8 Å². The largest absolute Gasteiger partial charge is 0.472 e. The van der Waals surface area contributed by atoms with Gasteiger partial charge in [-0.25, -0.2) is 0 Å². The SMILES string of the molecule is O[C@@H]1C(COc2nsnc2N2CCOCC2)OCOC(COc2nsnc2N2CCOCC2)[C@@H]1O. The second-order valence-electron chi connectivity index (χ2n) is 8.12. The van der Waals surface area contributed by atoms with E-state index in [0.29, 0.717) is 76.0 Å². The molecule has 0 radical (unpaired) electrons. The fraction of sp³-hybridized carbons (Fsp3) is 0.789. The van der Waals surface area contributed by atoms with Gasteiger partial charge >= 0.3 is 0 Å². The quantitative estimate of drug-likeness (QED) is 0.426. The molecule has 0 spiro atoms. The molecule has 2 N–H and O–H groups in total. The summed E-state index contributed by atoms with van der Waals surface area (Å²) in [5.74, 6) is 1.99. The summed E-state index contributed by atoms with van der Waals surface area (Å²) in [4.78, 5) is 4.08. The third kappa shape index (κ3) is 5.91. The van der Waals surface area contributed by atoms with E-state index in [2.05, 4.69) is 17.5 Å². The van der Waals surface area contributed by atoms with Gasteiger partial charge in [-0.15, -0.1) is 8.75 Å². The van der Waals surface area contributed by atoms with Crippen molar-refractivity contribution in [2.45, 2.75) is 24.4 Å². The lowest BCUT2D eigenvalue weighted by Crippen LogP contribution is -2.47. The van der Waals surface area contributed by atoms with Crippen LogP contribution in [0.15, 0.2) is 0 Å². The number of morpholine rings is 2. The number of aliphatic hydroxyl groups excluding tert-OH is 2. The average Bonchev–Trinajstić information content (AvgIpc) is 3.55. The monoisotopic (exact) mass is 532 g/mol. The molecule has 2 aromatic heterocycles. The Kier molecular flexibility index (Phi) is 8.40. The maximum atomic E-state index is 10.8. The number of rotatable bonds is 8. The molecule has 3 aliphatic heterocycles. The van der Waals surface area contributed by atoms with E-state index in [4.69, 9.17) is 28.4 Å². The van der Waals surface area contributed by atoms with Gasteiger partial charge in [0.15, 0.2) is 0 Å². The fourth-order valence-electron chi connectivity index (χ4n) is 3.94. The van der Waals surface area contributed by atoms with Crippen LogP contribution in [0.4, 0.5) is 11.6 Å². The van der Waals surface area contributed by atoms with Gasteiger partial charge in [-0.3, -0.25) is 0 Å². The Balaban J connectivity index is 1.15. The summed E-state index contributed by atoms with van der Waals surface area (Å²) in [7, 11) is 0. The average molecular weight is 533 g/mol. The van der Waals surface area contributed by atoms with Gasteiger partial charge in [0.1, 0.15) is 44.4 Å². The molecule has 2 aromatic rings. The Labute approximate surface area is 209 Å². The van der Waals surface area contributed by atoms with Gasteiger partial charge in [0.2, 0.25) is 11.6 Å². The molecule has 3 aliphatic rings. The number of nitrogens with zero attached hydrogens (tertiary/aromatic N) is 6. The Morgan fingerprint density at radius 2 is 1.14 bits per heavy atom. The minimum Gasteiger partial charge on any atom is -0.472 e. The third-order valence-corrected chi connectivity index (χ3v) is 6.95. The van der Waals surface area contributed by atoms with Gasteiger partial charge < -0.3 is 48.4 Å². The van der Waals surface area contributed by atoms with E-state index in [1.165, 1.54) is 0 Å². The number of aliphatic hydroxyl groups is 2. The minimum atomic E-state index is -1.27. The molecule has 14 nitrogen and oxygen atoms in total. The van der Waals surface area contributed by atoms with Crippen molar-refractivity contribution in [1.29, 1.82) is 0 Å². The molecule has 194 valence electrons. The van der Waals surface area contributed by atoms with E-state index in [0.717, 1.165) is 23.5 Å². The van der Waals surface area contributed by atoms with Crippen LogP contribution in [0.3, 0.4) is 0 Å². The first-order valence-corrected chi connectivity index (χ1v) is 12.8. The highest BCUT2D eigenvalue weighted by molar-refractivity contribution is 6.99. The minimum absolute atomic E-state index is 0.0326. The maximum Gasteiger partial charge on any atom is 0.270 e. The summed E-state index contributed by atoms with van der Waals surface area (Å²) in [6.45, 7) is 5.01. The summed E-state index contributed by atoms with van der Waals surface area (Å²) in [6.07, 6.45) is -4.20. The van der Waals surface area contributed by atoms with Gasteiger partial charge in [-0.2, -0.15) is 8.75 Å². The first-order chi connectivity index (χ1) is 17.2. The second-order valence-corrected chi connectivity index (χ2v) is 9.17. The smallest absolute Gasteiger partial charge is 0.270 e. The van der Waals surface area contributed by atoms with Gasteiger partial charge in [0, 0.05) is 26.2 Å². The Bertz CT molecular complexity index is 853. The number of anilines is 2. The van der Waals surface area contributed by atoms with Gasteiger partial charge in [-0.05, 0) is 0 Å². The fourth-order valence-corrected chi connectivity index (χ4v) is 4.98. The van der Waals surface area contributed by atoms with Crippen LogP contribution < -0.4 is 19.3 Å². The van der Waals surface area contributed by atoms with Crippen molar-refractivity contribution in [3.63, 3.8) is 0 Å². The van der Waals surface area contributed by atoms with Gasteiger partial charge in [0.05, 0.1) is 49.9 Å². The Morgan fingerprint density at radius 1 is 0.714 bits per heavy atom. The van der Waals surface area contributed by atoms with Crippen molar-refractivity contribution < 1.29 is 38.6 Å². The first kappa shape index (κ1) is 24.8. The molecule has 5 heterocycles. The molecule has 3 saturated heterocycles. The zero-order valence-electron chi connectivity index (χ0n) is 18.9. The molecule has 0 aromatic carbocycles. The van der Waals surface area contributed by atoms with Crippen molar-refractivity contribution in [1.82, 2.24) is 17.5 Å². The highest BCUT2D eigenvalue weighted by atomic mass is 32.1. The molecule has 0 bridgehead atoms. The number of hydrogen-bond donors (Lipinski definition) is 2. The summed E-state index contributed by atoms with van der Waals surface area (Å²) in [5.41, 5.74) is 0. The predicted molar refractivity (Wildman–Crippen MR) is 123 cm³/mol. The van der Waals surface area contributed by atoms with Crippen molar-refractivity contribution >= 4 is 35.1 Å². The topological polar surface area (TPSA) is 154 Å². The van der Waals surface area contributed by atoms with Crippen LogP contribution in [0.2, 0.25) is 0 Å². The molecule has 3 fully saturated rings. The van der Waals surface area contributed by atoms with Gasteiger partial charge in [0.25, 0.3) is 11.8 Å². The third-order valence-electron chi connectivity index (χ3n) is 5.95. The molecule has 35 heavy (non-hydrogen) atoms. The molecule has 0 saturated carbocycles. The van der Waals surface area contributed by atoms with E-state index in [1.54, 1.807) is 0 Å². The summed E-state index contributed by atoms with van der Waals surface area (Å²) in [5, 5.41) is 21.5. The predicted octanol–water partition coefficient (Wildman–Crippen LogP) is -1.02. The van der Waals surface area contributed by atoms with Crippen molar-refractivity contribution in [2.24, 2.45) is 0 Å². The summed E-state index contributed by atoms with van der Waals surface area (Å²) >= 11 is 2.09. The molecule has 5 rings (SSSR count). The molecule has 4 atom stereocenters. The van der Waals surface area contributed by atoms with Crippen LogP contribution in [0, 0.1) is 0 Å². The lowest BCUT2D eigenvalue weighted by molar-refractivity contribution is -0.119. The van der Waals surface area contributed by atoms with E-state index in [-0.39, 0.29) is 20.0 Å².